The third-order valence-corrected chi connectivity index (χ3v) is 10.0. The van der Waals surface area contributed by atoms with E-state index in [0.29, 0.717) is 17.1 Å². The Bertz CT molecular complexity index is 2240. The summed E-state index contributed by atoms with van der Waals surface area (Å²) in [5, 5.41) is 15.3. The summed E-state index contributed by atoms with van der Waals surface area (Å²) < 4.78 is 1.15. The fourth-order valence-corrected chi connectivity index (χ4v) is 6.65. The molecular weight excluding hydrogens is 767 g/mol. The Morgan fingerprint density at radius 2 is 1.16 bits per heavy atom. The minimum atomic E-state index is -0.788. The van der Waals surface area contributed by atoms with Crippen LogP contribution in [-0.4, -0.2) is 17.1 Å². The van der Waals surface area contributed by atoms with E-state index in [1.165, 1.54) is 11.1 Å². The molecule has 1 radical (unpaired) electrons. The van der Waals surface area contributed by atoms with Crippen molar-refractivity contribution in [3.8, 4) is 0 Å². The molecule has 4 aliphatic heterocycles. The van der Waals surface area contributed by atoms with Crippen LogP contribution in [0.25, 0.3) is 11.1 Å². The van der Waals surface area contributed by atoms with Gasteiger partial charge >= 0.3 is 17.1 Å². The molecule has 8 bridgehead atoms. The molecule has 0 amide bonds. The predicted molar refractivity (Wildman–Crippen MR) is 205 cm³/mol. The fourth-order valence-electron chi connectivity index (χ4n) is 6.29. The number of benzene rings is 2. The normalized spacial score (nSPS) is 18.3. The molecule has 5 nitrogen and oxygen atoms in total. The van der Waals surface area contributed by atoms with E-state index in [9.17, 15) is 5.11 Å². The van der Waals surface area contributed by atoms with Crippen LogP contribution in [0, 0.1) is 8.99 Å². The van der Waals surface area contributed by atoms with Gasteiger partial charge in [-0.1, -0.05) is 104 Å². The molecule has 4 aliphatic rings. The van der Waals surface area contributed by atoms with Crippen molar-refractivity contribution in [1.82, 2.24) is 4.98 Å². The van der Waals surface area contributed by atoms with Crippen molar-refractivity contribution in [2.45, 2.75) is 66.2 Å². The molecule has 49 heavy (non-hydrogen) atoms. The van der Waals surface area contributed by atoms with Gasteiger partial charge in [0.2, 0.25) is 0 Å². The van der Waals surface area contributed by atoms with Crippen LogP contribution in [0.3, 0.4) is 0 Å². The van der Waals surface area contributed by atoms with Crippen molar-refractivity contribution in [1.29, 1.82) is 0 Å². The molecule has 0 atom stereocenters. The van der Waals surface area contributed by atoms with Crippen molar-refractivity contribution in [3.63, 3.8) is 0 Å². The number of fused-ring (bicyclic) bond motifs is 5. The summed E-state index contributed by atoms with van der Waals surface area (Å²) in [5.41, 5.74) is 9.75. The Morgan fingerprint density at radius 3 is 1.69 bits per heavy atom. The van der Waals surface area contributed by atoms with Gasteiger partial charge in [-0.25, -0.2) is 9.98 Å². The van der Waals surface area contributed by atoms with Gasteiger partial charge in [-0.2, -0.15) is 0 Å². The Hall–Kier alpha value is -3.78. The standard InChI is InChI=1S/C42H40IN4O.Cu/c1-40(2,3)26-19-25(20-27(21-26)41(4,5)6)38-32-16-14-30(45-32)23-36-42(7,8)39(48)35(47-36)22-29-13-15-31(44-29)37(33-17-18-34(38)46-33)24-9-11-28(43)12-10-24;/h9-23H,1-8H3,(H-,44,45,46,47,48);/q-1;+2/p-1. The molecule has 2 aromatic carbocycles. The van der Waals surface area contributed by atoms with E-state index in [1.807, 2.05) is 38.2 Å². The monoisotopic (exact) mass is 805 g/mol. The first-order valence-corrected chi connectivity index (χ1v) is 17.5. The van der Waals surface area contributed by atoms with Crippen LogP contribution in [0.5, 0.6) is 0 Å². The molecule has 251 valence electrons. The maximum Gasteiger partial charge on any atom is 2.00 e. The van der Waals surface area contributed by atoms with Gasteiger partial charge in [0, 0.05) is 8.99 Å². The van der Waals surface area contributed by atoms with Crippen molar-refractivity contribution in [2.24, 2.45) is 20.4 Å². The summed E-state index contributed by atoms with van der Waals surface area (Å²) in [7, 11) is 0. The summed E-state index contributed by atoms with van der Waals surface area (Å²) in [6, 6.07) is 19.5. The molecule has 0 N–H and O–H groups in total. The molecule has 7 heteroatoms. The topological polar surface area (TPSA) is 74.2 Å². The third-order valence-electron chi connectivity index (χ3n) is 9.32. The Morgan fingerprint density at radius 1 is 0.653 bits per heavy atom. The average Bonchev–Trinajstić information content (AvgIpc) is 3.81. The van der Waals surface area contributed by atoms with Crippen LogP contribution < -0.4 is 20.8 Å². The van der Waals surface area contributed by atoms with E-state index in [4.69, 9.17) is 20.0 Å². The van der Waals surface area contributed by atoms with Crippen LogP contribution in [0.4, 0.5) is 0 Å². The van der Waals surface area contributed by atoms with Crippen molar-refractivity contribution < 1.29 is 22.2 Å². The number of rotatable bonds is 2. The van der Waals surface area contributed by atoms with Crippen LogP contribution in [-0.2, 0) is 27.9 Å². The molecule has 0 saturated carbocycles. The Labute approximate surface area is 313 Å². The summed E-state index contributed by atoms with van der Waals surface area (Å²) in [6.45, 7) is 17.4. The molecule has 0 spiro atoms. The second-order valence-corrected chi connectivity index (χ2v) is 16.7. The maximum atomic E-state index is 13.6. The van der Waals surface area contributed by atoms with Gasteiger partial charge in [-0.3, -0.25) is 4.99 Å². The maximum absolute atomic E-state index is 13.6. The summed E-state index contributed by atoms with van der Waals surface area (Å²) >= 11 is 2.33. The van der Waals surface area contributed by atoms with Gasteiger partial charge < -0.3 is 10.1 Å². The number of hydrogen-bond acceptors (Lipinski definition) is 4. The largest absolute Gasteiger partial charge is 2.00 e. The van der Waals surface area contributed by atoms with E-state index in [-0.39, 0.29) is 33.7 Å². The number of nitrogens with zero attached hydrogens (tertiary/aromatic N) is 4. The van der Waals surface area contributed by atoms with Gasteiger partial charge in [0.05, 0.1) is 34.2 Å². The average molecular weight is 806 g/mol. The van der Waals surface area contributed by atoms with Crippen LogP contribution in [0.1, 0.15) is 77.6 Å². The summed E-state index contributed by atoms with van der Waals surface area (Å²) in [5.74, 6) is -0.0286. The van der Waals surface area contributed by atoms with Gasteiger partial charge in [0.15, 0.2) is 0 Å². The van der Waals surface area contributed by atoms with Gasteiger partial charge in [0.1, 0.15) is 0 Å². The molecule has 0 aliphatic carbocycles. The number of hydrogen-bond donors (Lipinski definition) is 0. The molecular formula is C42H39CuIN4O. The second-order valence-electron chi connectivity index (χ2n) is 15.4. The minimum absolute atomic E-state index is 0. The number of halogens is 1. The first-order chi connectivity index (χ1) is 22.6. The van der Waals surface area contributed by atoms with E-state index in [0.717, 1.165) is 53.7 Å². The SMILES string of the molecule is CC1(C)C2=NC(=C1[O-])C=C1C=CC(=N1)C(c1ccc(I)cc1)=c1ccc([n-]1)=C(c1cc(C(C)(C)C)cc(C(C)(C)C)c1)C1=NC(=C2)C=C1.[Cu+2]. The number of aromatic nitrogens is 1. The quantitative estimate of drug-likeness (QED) is 0.205. The molecule has 0 saturated heterocycles. The first kappa shape index (κ1) is 35.1. The predicted octanol–water partition coefficient (Wildman–Crippen LogP) is 7.09. The van der Waals surface area contributed by atoms with Crippen LogP contribution in [0.15, 0.2) is 129 Å². The van der Waals surface area contributed by atoms with E-state index >= 15 is 0 Å². The fraction of sp³-hybridized carbons (Fsp3) is 0.262. The number of aliphatic imine (C=N–C) groups is 3. The first-order valence-electron chi connectivity index (χ1n) is 16.4. The van der Waals surface area contributed by atoms with E-state index in [1.54, 1.807) is 6.08 Å². The number of allylic oxidation sites excluding steroid dienone is 7. The van der Waals surface area contributed by atoms with Crippen molar-refractivity contribution in [3.05, 3.63) is 150 Å². The van der Waals surface area contributed by atoms with Gasteiger partial charge in [-0.05, 0) is 115 Å². The molecule has 7 rings (SSSR count). The minimum Gasteiger partial charge on any atom is -0.873 e. The second kappa shape index (κ2) is 12.5. The zero-order valence-electron chi connectivity index (χ0n) is 29.0. The van der Waals surface area contributed by atoms with Crippen LogP contribution >= 0.6 is 22.6 Å². The van der Waals surface area contributed by atoms with Crippen molar-refractivity contribution >= 4 is 50.9 Å². The summed E-state index contributed by atoms with van der Waals surface area (Å²) in [6.07, 6.45) is 11.8. The molecule has 3 aromatic rings. The Kier molecular flexibility index (Phi) is 8.96. The molecule has 5 heterocycles. The zero-order valence-corrected chi connectivity index (χ0v) is 32.1. The van der Waals surface area contributed by atoms with E-state index < -0.39 is 5.41 Å². The van der Waals surface area contributed by atoms with E-state index in [2.05, 4.69) is 125 Å². The van der Waals surface area contributed by atoms with Crippen molar-refractivity contribution in [2.75, 3.05) is 0 Å². The van der Waals surface area contributed by atoms with Gasteiger partial charge in [-0.15, -0.1) is 10.7 Å². The zero-order chi connectivity index (χ0) is 34.2. The third kappa shape index (κ3) is 6.61. The molecule has 1 aromatic heterocycles. The van der Waals surface area contributed by atoms with Gasteiger partial charge in [0.25, 0.3) is 0 Å². The summed E-state index contributed by atoms with van der Waals surface area (Å²) in [4.78, 5) is 20.4. The molecule has 0 fully saturated rings. The smallest absolute Gasteiger partial charge is 0.873 e. The molecule has 0 unspecified atom stereocenters. The Balaban J connectivity index is 0.00000417. The van der Waals surface area contributed by atoms with Crippen LogP contribution in [0.2, 0.25) is 0 Å².